The summed E-state index contributed by atoms with van der Waals surface area (Å²) in [7, 11) is 0. The van der Waals surface area contributed by atoms with Gasteiger partial charge in [0.1, 0.15) is 30.5 Å². The molecule has 4 atom stereocenters. The third-order valence-corrected chi connectivity index (χ3v) is 3.05. The molecule has 3 radical (unpaired) electrons. The standard InChI is InChI=1S/C9H20O6.C6H14O5.C3H8O3.3CH3.3Y/c10-2-1-3-14-6-9(13)7-15-5-8(12)4-11;7-1-5(9)3-11-4-6(10)2-8;4-1-3(6)2-5;;;;;;/h8-13H,1-7H2;5-10H,1-4H2;3-6H,1-2H2;3*1H3;;;/q;;;3*-1;;;. The molecule has 0 aliphatic rings. The topological polar surface area (TPSA) is 250 Å². The molecular weight excluding hydrogens is 743 g/mol. The van der Waals surface area contributed by atoms with Gasteiger partial charge in [0.2, 0.25) is 0 Å². The van der Waals surface area contributed by atoms with Gasteiger partial charge in [-0.3, -0.25) is 0 Å². The largest absolute Gasteiger partial charge is 0.396 e. The molecule has 0 saturated carbocycles. The number of ether oxygens (including phenoxy) is 3. The van der Waals surface area contributed by atoms with Crippen molar-refractivity contribution < 1.29 is 169 Å². The van der Waals surface area contributed by atoms with E-state index in [1.54, 1.807) is 0 Å². The maximum atomic E-state index is 9.28. The zero-order chi connectivity index (χ0) is 25.2. The summed E-state index contributed by atoms with van der Waals surface area (Å²) < 4.78 is 14.7. The van der Waals surface area contributed by atoms with E-state index >= 15 is 0 Å². The molecule has 0 aromatic rings. The number of rotatable bonds is 18. The maximum Gasteiger partial charge on any atom is 0.101 e. The molecule has 0 spiro atoms. The maximum absolute atomic E-state index is 9.28. The second-order valence-electron chi connectivity index (χ2n) is 6.41. The first-order valence-corrected chi connectivity index (χ1v) is 10.0. The predicted octanol–water partition coefficient (Wildman–Crippen LogP) is -4.50. The van der Waals surface area contributed by atoms with Crippen molar-refractivity contribution in [1.29, 1.82) is 0 Å². The molecule has 231 valence electrons. The minimum absolute atomic E-state index is 0. The summed E-state index contributed by atoms with van der Waals surface area (Å²) in [5, 5.41) is 93.2. The van der Waals surface area contributed by atoms with Crippen LogP contribution in [-0.2, 0) is 112 Å². The van der Waals surface area contributed by atoms with Crippen LogP contribution in [0, 0.1) is 22.3 Å². The van der Waals surface area contributed by atoms with Gasteiger partial charge in [0.05, 0.1) is 66.1 Å². The van der Waals surface area contributed by atoms with E-state index in [9.17, 15) is 5.11 Å². The van der Waals surface area contributed by atoms with Crippen LogP contribution >= 0.6 is 0 Å². The van der Waals surface area contributed by atoms with Crippen LogP contribution in [0.25, 0.3) is 0 Å². The third kappa shape index (κ3) is 58.4. The summed E-state index contributed by atoms with van der Waals surface area (Å²) in [6, 6.07) is 0. The SMILES string of the molecule is OCC(O)CO.OCC(O)COCC(O)CO.OCCCOCC(O)COCC(O)CO.[CH3-].[CH3-].[CH3-].[Y].[Y].[Y]. The molecule has 0 aromatic heterocycles. The van der Waals surface area contributed by atoms with Crippen LogP contribution in [0.1, 0.15) is 6.42 Å². The Hall–Kier alpha value is 2.75. The number of aliphatic hydroxyl groups is 11. The summed E-state index contributed by atoms with van der Waals surface area (Å²) in [6.45, 7) is -1.25. The van der Waals surface area contributed by atoms with E-state index < -0.39 is 30.5 Å². The fourth-order valence-corrected chi connectivity index (χ4v) is 1.33. The first kappa shape index (κ1) is 63.9. The van der Waals surface area contributed by atoms with Crippen molar-refractivity contribution in [3.63, 3.8) is 0 Å². The van der Waals surface area contributed by atoms with Crippen LogP contribution in [0.3, 0.4) is 0 Å². The van der Waals surface area contributed by atoms with Crippen LogP contribution in [0.15, 0.2) is 0 Å². The number of hydrogen-bond acceptors (Lipinski definition) is 14. The van der Waals surface area contributed by atoms with Crippen molar-refractivity contribution in [1.82, 2.24) is 0 Å². The van der Waals surface area contributed by atoms with Crippen molar-refractivity contribution in [2.45, 2.75) is 36.9 Å². The Labute approximate surface area is 303 Å². The summed E-state index contributed by atoms with van der Waals surface area (Å²) in [4.78, 5) is 0. The van der Waals surface area contributed by atoms with Gasteiger partial charge in [0, 0.05) is 111 Å². The molecule has 0 fully saturated rings. The molecular formula is C21H51O14Y3-3. The summed E-state index contributed by atoms with van der Waals surface area (Å²) in [5.74, 6) is 0. The molecule has 0 aliphatic heterocycles. The Balaban J connectivity index is -0.0000000470. The molecule has 17 heteroatoms. The van der Waals surface area contributed by atoms with Gasteiger partial charge in [0.15, 0.2) is 0 Å². The third-order valence-electron chi connectivity index (χ3n) is 3.05. The molecule has 0 saturated heterocycles. The van der Waals surface area contributed by atoms with Gasteiger partial charge in [-0.05, 0) is 6.42 Å². The molecule has 0 amide bonds. The quantitative estimate of drug-likeness (QED) is 0.0463. The Morgan fingerprint density at radius 2 is 0.658 bits per heavy atom. The average Bonchev–Trinajstić information content (AvgIpc) is 2.81. The smallest absolute Gasteiger partial charge is 0.101 e. The van der Waals surface area contributed by atoms with E-state index in [1.807, 2.05) is 0 Å². The normalized spacial score (nSPS) is 12.3. The van der Waals surface area contributed by atoms with Crippen LogP contribution in [-0.4, -0.2) is 166 Å². The second-order valence-corrected chi connectivity index (χ2v) is 6.41. The Kier molecular flexibility index (Phi) is 88.1. The average molecular weight is 794 g/mol. The molecule has 0 heterocycles. The molecule has 11 N–H and O–H groups in total. The fraction of sp³-hybridized carbons (Fsp3) is 0.857. The van der Waals surface area contributed by atoms with Crippen molar-refractivity contribution in [2.75, 3.05) is 79.3 Å². The minimum Gasteiger partial charge on any atom is -0.396 e. The van der Waals surface area contributed by atoms with Gasteiger partial charge in [0.25, 0.3) is 0 Å². The van der Waals surface area contributed by atoms with Crippen molar-refractivity contribution in [3.8, 4) is 0 Å². The zero-order valence-corrected chi connectivity index (χ0v) is 31.5. The van der Waals surface area contributed by atoms with E-state index in [1.165, 1.54) is 0 Å². The Morgan fingerprint density at radius 1 is 0.395 bits per heavy atom. The summed E-state index contributed by atoms with van der Waals surface area (Å²) in [6.07, 6.45) is -3.91. The first-order chi connectivity index (χ1) is 15.2. The summed E-state index contributed by atoms with van der Waals surface area (Å²) >= 11 is 0. The van der Waals surface area contributed by atoms with Crippen molar-refractivity contribution in [3.05, 3.63) is 22.3 Å². The van der Waals surface area contributed by atoms with Crippen LogP contribution in [0.4, 0.5) is 0 Å². The van der Waals surface area contributed by atoms with Crippen LogP contribution in [0.2, 0.25) is 0 Å². The number of hydrogen-bond donors (Lipinski definition) is 11. The molecule has 4 unspecified atom stereocenters. The predicted molar refractivity (Wildman–Crippen MR) is 129 cm³/mol. The Morgan fingerprint density at radius 3 is 0.895 bits per heavy atom. The van der Waals surface area contributed by atoms with E-state index in [-0.39, 0.29) is 193 Å². The fourth-order valence-electron chi connectivity index (χ4n) is 1.33. The van der Waals surface area contributed by atoms with Gasteiger partial charge in [-0.2, -0.15) is 0 Å². The second kappa shape index (κ2) is 52.4. The molecule has 0 aliphatic carbocycles. The molecule has 0 rings (SSSR count). The van der Waals surface area contributed by atoms with E-state index in [0.29, 0.717) is 13.0 Å². The zero-order valence-electron chi connectivity index (χ0n) is 23.0. The molecule has 38 heavy (non-hydrogen) atoms. The van der Waals surface area contributed by atoms with Crippen molar-refractivity contribution >= 4 is 0 Å². The van der Waals surface area contributed by atoms with E-state index in [2.05, 4.69) is 0 Å². The van der Waals surface area contributed by atoms with Gasteiger partial charge in [-0.1, -0.05) is 0 Å². The Bertz CT molecular complexity index is 342. The van der Waals surface area contributed by atoms with Crippen LogP contribution < -0.4 is 0 Å². The van der Waals surface area contributed by atoms with Crippen molar-refractivity contribution in [2.24, 2.45) is 0 Å². The molecule has 14 nitrogen and oxygen atoms in total. The minimum atomic E-state index is -0.954. The van der Waals surface area contributed by atoms with Gasteiger partial charge in [-0.25, -0.2) is 0 Å². The van der Waals surface area contributed by atoms with E-state index in [4.69, 9.17) is 65.3 Å². The van der Waals surface area contributed by atoms with Crippen LogP contribution in [0.5, 0.6) is 0 Å². The van der Waals surface area contributed by atoms with Gasteiger partial charge >= 0.3 is 0 Å². The van der Waals surface area contributed by atoms with Gasteiger partial charge in [-0.15, -0.1) is 0 Å². The molecule has 0 aromatic carbocycles. The first-order valence-electron chi connectivity index (χ1n) is 10.0. The van der Waals surface area contributed by atoms with Gasteiger partial charge < -0.3 is 92.7 Å². The molecule has 0 bridgehead atoms. The van der Waals surface area contributed by atoms with E-state index in [0.717, 1.165) is 0 Å². The summed E-state index contributed by atoms with van der Waals surface area (Å²) in [5.41, 5.74) is 0. The number of aliphatic hydroxyl groups excluding tert-OH is 11. The monoisotopic (exact) mass is 794 g/mol.